The largest absolute Gasteiger partial charge is 0.462 e. The number of rotatable bonds is 10. The van der Waals surface area contributed by atoms with Crippen molar-refractivity contribution in [2.45, 2.75) is 104 Å². The number of hydrogen-bond acceptors (Lipinski definition) is 6. The van der Waals surface area contributed by atoms with Crippen LogP contribution in [-0.2, 0) is 30.4 Å². The first kappa shape index (κ1) is 34.8. The van der Waals surface area contributed by atoms with E-state index in [1.807, 2.05) is 51.1 Å². The Morgan fingerprint density at radius 2 is 1.86 bits per heavy atom. The summed E-state index contributed by atoms with van der Waals surface area (Å²) in [6.45, 7) is 10.9. The van der Waals surface area contributed by atoms with E-state index in [4.69, 9.17) is 21.1 Å². The Morgan fingerprint density at radius 1 is 1.14 bits per heavy atom. The number of carbonyl (C=O) groups excluding carboxylic acids is 3. The first-order chi connectivity index (χ1) is 20.4. The number of cyclic esters (lactones) is 1. The van der Waals surface area contributed by atoms with Crippen LogP contribution in [0, 0.1) is 29.1 Å². The van der Waals surface area contributed by atoms with Gasteiger partial charge in [0.25, 0.3) is 0 Å². The zero-order chi connectivity index (χ0) is 31.6. The highest BCUT2D eigenvalue weighted by Gasteiger charge is 2.43. The molecule has 43 heavy (non-hydrogen) atoms. The number of aliphatic hydroxyl groups is 1. The Labute approximate surface area is 262 Å². The van der Waals surface area contributed by atoms with E-state index < -0.39 is 11.5 Å². The van der Waals surface area contributed by atoms with Gasteiger partial charge in [-0.15, -0.1) is 11.6 Å². The maximum absolute atomic E-state index is 12.9. The van der Waals surface area contributed by atoms with Crippen molar-refractivity contribution in [3.63, 3.8) is 0 Å². The number of hydrogen-bond donors (Lipinski definition) is 2. The number of halogens is 1. The van der Waals surface area contributed by atoms with Crippen LogP contribution in [0.25, 0.3) is 0 Å². The highest BCUT2D eigenvalue weighted by atomic mass is 35.5. The number of allylic oxidation sites excluding steroid dienone is 3. The lowest BCUT2D eigenvalue weighted by molar-refractivity contribution is -0.166. The van der Waals surface area contributed by atoms with Gasteiger partial charge in [-0.1, -0.05) is 69.3 Å². The Balaban J connectivity index is 0.000000326. The number of alkyl halides is 1. The molecule has 7 atom stereocenters. The Bertz CT molecular complexity index is 1130. The molecular formula is C35H50ClNO6. The molecule has 0 unspecified atom stereocenters. The molecule has 2 N–H and O–H groups in total. The number of benzene rings is 1. The Hall–Kier alpha value is -2.64. The minimum absolute atomic E-state index is 0.00106. The third-order valence-electron chi connectivity index (χ3n) is 9.00. The van der Waals surface area contributed by atoms with Gasteiger partial charge in [0, 0.05) is 31.2 Å². The maximum Gasteiger partial charge on any atom is 0.311 e. The van der Waals surface area contributed by atoms with Crippen LogP contribution in [-0.4, -0.2) is 47.1 Å². The first-order valence-corrected chi connectivity index (χ1v) is 16.3. The van der Waals surface area contributed by atoms with E-state index in [1.54, 1.807) is 0 Å². The number of fused-ring (bicyclic) bond motifs is 1. The predicted octanol–water partition coefficient (Wildman–Crippen LogP) is 6.52. The number of aliphatic hydroxyl groups excluding tert-OH is 1. The van der Waals surface area contributed by atoms with E-state index in [1.165, 1.54) is 5.57 Å². The second-order valence-electron chi connectivity index (χ2n) is 13.0. The van der Waals surface area contributed by atoms with Crippen LogP contribution in [0.3, 0.4) is 0 Å². The predicted molar refractivity (Wildman–Crippen MR) is 169 cm³/mol. The number of carbonyl (C=O) groups is 3. The van der Waals surface area contributed by atoms with E-state index in [0.29, 0.717) is 43.0 Å². The molecule has 7 nitrogen and oxygen atoms in total. The van der Waals surface area contributed by atoms with Gasteiger partial charge >= 0.3 is 11.9 Å². The van der Waals surface area contributed by atoms with Crippen LogP contribution in [0.2, 0.25) is 0 Å². The molecule has 8 heteroatoms. The van der Waals surface area contributed by atoms with Gasteiger partial charge < -0.3 is 19.9 Å². The summed E-state index contributed by atoms with van der Waals surface area (Å²) < 4.78 is 11.6. The van der Waals surface area contributed by atoms with Crippen LogP contribution in [0.1, 0.15) is 85.1 Å². The minimum Gasteiger partial charge on any atom is -0.462 e. The van der Waals surface area contributed by atoms with Gasteiger partial charge in [-0.25, -0.2) is 0 Å². The number of amides is 1. The second-order valence-corrected chi connectivity index (χ2v) is 13.3. The lowest BCUT2D eigenvalue weighted by atomic mass is 9.65. The minimum atomic E-state index is -0.601. The van der Waals surface area contributed by atoms with E-state index >= 15 is 0 Å². The molecule has 0 bridgehead atoms. The molecule has 1 heterocycles. The summed E-state index contributed by atoms with van der Waals surface area (Å²) in [7, 11) is 0. The van der Waals surface area contributed by atoms with Crippen LogP contribution in [0.4, 0.5) is 0 Å². The molecule has 1 fully saturated rings. The fourth-order valence-corrected chi connectivity index (χ4v) is 6.22. The van der Waals surface area contributed by atoms with Gasteiger partial charge in [0.1, 0.15) is 12.2 Å². The second kappa shape index (κ2) is 16.4. The van der Waals surface area contributed by atoms with Gasteiger partial charge in [0.2, 0.25) is 5.91 Å². The van der Waals surface area contributed by atoms with Crippen molar-refractivity contribution >= 4 is 29.4 Å². The zero-order valence-electron chi connectivity index (χ0n) is 26.4. The smallest absolute Gasteiger partial charge is 0.311 e. The van der Waals surface area contributed by atoms with Crippen LogP contribution in [0.5, 0.6) is 0 Å². The van der Waals surface area contributed by atoms with Gasteiger partial charge in [-0.3, -0.25) is 14.4 Å². The molecule has 1 aromatic rings. The molecule has 3 aliphatic rings. The summed E-state index contributed by atoms with van der Waals surface area (Å²) in [6, 6.07) is 9.79. The summed E-state index contributed by atoms with van der Waals surface area (Å²) in [5.41, 5.74) is 1.89. The fourth-order valence-electron chi connectivity index (χ4n) is 6.05. The van der Waals surface area contributed by atoms with Crippen molar-refractivity contribution in [2.24, 2.45) is 29.1 Å². The lowest BCUT2D eigenvalue weighted by Gasteiger charge is -2.44. The molecule has 1 aliphatic heterocycles. The third kappa shape index (κ3) is 10.5. The monoisotopic (exact) mass is 615 g/mol. The molecule has 1 saturated heterocycles. The third-order valence-corrected chi connectivity index (χ3v) is 9.19. The SMILES string of the molecule is CCC(C)(C)C(=O)O[C@H]1C[C@@H](C)C=C2C=C[C@H](C)[C@H](CC[C@@H]3C[C@@H](O)CC(=O)O3)[C@H]21.O=C(CCCl)NCc1ccccc1. The van der Waals surface area contributed by atoms with Crippen molar-refractivity contribution in [3.8, 4) is 0 Å². The van der Waals surface area contributed by atoms with Gasteiger partial charge in [0.15, 0.2) is 0 Å². The molecule has 0 radical (unpaired) electrons. The molecule has 238 valence electrons. The lowest BCUT2D eigenvalue weighted by Crippen LogP contribution is -2.43. The average molecular weight is 616 g/mol. The number of esters is 2. The Morgan fingerprint density at radius 3 is 2.51 bits per heavy atom. The molecule has 4 rings (SSSR count). The van der Waals surface area contributed by atoms with E-state index in [0.717, 1.165) is 31.2 Å². The van der Waals surface area contributed by atoms with Crippen LogP contribution in [0.15, 0.2) is 54.1 Å². The van der Waals surface area contributed by atoms with Crippen LogP contribution < -0.4 is 5.32 Å². The first-order valence-electron chi connectivity index (χ1n) is 15.8. The highest BCUT2D eigenvalue weighted by molar-refractivity contribution is 6.18. The summed E-state index contributed by atoms with van der Waals surface area (Å²) in [6.07, 6.45) is 10.00. The van der Waals surface area contributed by atoms with E-state index in [-0.39, 0.29) is 42.4 Å². The average Bonchev–Trinajstić information content (AvgIpc) is 2.96. The molecule has 0 saturated carbocycles. The van der Waals surface area contributed by atoms with E-state index in [2.05, 4.69) is 37.4 Å². The Kier molecular flexibility index (Phi) is 13.3. The highest BCUT2D eigenvalue weighted by Crippen LogP contribution is 2.45. The molecule has 2 aliphatic carbocycles. The van der Waals surface area contributed by atoms with E-state index in [9.17, 15) is 19.5 Å². The van der Waals surface area contributed by atoms with Crippen molar-refractivity contribution < 1.29 is 29.0 Å². The molecule has 1 aromatic carbocycles. The quantitative estimate of drug-likeness (QED) is 0.230. The summed E-state index contributed by atoms with van der Waals surface area (Å²) in [5.74, 6) is 1.15. The fraction of sp³-hybridized carbons (Fsp3) is 0.629. The maximum atomic E-state index is 12.9. The van der Waals surface area contributed by atoms with Gasteiger partial charge in [0.05, 0.1) is 17.9 Å². The zero-order valence-corrected chi connectivity index (χ0v) is 27.1. The summed E-state index contributed by atoms with van der Waals surface area (Å²) in [5, 5.41) is 12.7. The van der Waals surface area contributed by atoms with Gasteiger partial charge in [-0.2, -0.15) is 0 Å². The number of ether oxygens (including phenoxy) is 2. The number of nitrogens with one attached hydrogen (secondary N) is 1. The van der Waals surface area contributed by atoms with Crippen LogP contribution >= 0.6 is 11.6 Å². The molecule has 1 amide bonds. The molecular weight excluding hydrogens is 566 g/mol. The molecule has 0 spiro atoms. The summed E-state index contributed by atoms with van der Waals surface area (Å²) >= 11 is 5.42. The summed E-state index contributed by atoms with van der Waals surface area (Å²) in [4.78, 5) is 35.6. The van der Waals surface area contributed by atoms with Crippen molar-refractivity contribution in [3.05, 3.63) is 59.7 Å². The van der Waals surface area contributed by atoms with Gasteiger partial charge in [-0.05, 0) is 68.4 Å². The normalized spacial score (nSPS) is 28.4. The van der Waals surface area contributed by atoms with Crippen molar-refractivity contribution in [2.75, 3.05) is 5.88 Å². The van der Waals surface area contributed by atoms with Crippen molar-refractivity contribution in [1.82, 2.24) is 5.32 Å². The standard InChI is InChI=1S/C25H38O5.C10H12ClNO/c1-6-25(4,5)24(28)30-21-12-15(2)11-17-8-7-16(3)20(23(17)21)10-9-19-13-18(26)14-22(27)29-19;11-7-6-10(13)12-8-9-4-2-1-3-5-9/h7-8,11,15-16,18-21,23,26H,6,9-10,12-14H2,1-5H3;1-5H,6-8H2,(H,12,13)/t15-,16-,18+,19+,20-,21-,23-;/m0./s1. The topological polar surface area (TPSA) is 102 Å². The van der Waals surface area contributed by atoms with Crippen molar-refractivity contribution in [1.29, 1.82) is 0 Å². The molecule has 0 aromatic heterocycles.